The second-order valence-electron chi connectivity index (χ2n) is 6.02. The van der Waals surface area contributed by atoms with Crippen LogP contribution in [-0.2, 0) is 6.54 Å². The molecule has 126 valence electrons. The predicted molar refractivity (Wildman–Crippen MR) is 92.9 cm³/mol. The summed E-state index contributed by atoms with van der Waals surface area (Å²) in [6.45, 7) is 4.43. The van der Waals surface area contributed by atoms with E-state index >= 15 is 0 Å². The lowest BCUT2D eigenvalue weighted by molar-refractivity contribution is 0.286. The zero-order valence-corrected chi connectivity index (χ0v) is 13.8. The summed E-state index contributed by atoms with van der Waals surface area (Å²) in [5, 5.41) is 17.4. The standard InChI is InChI=1S/C17H18N8/c18-6-7-23-8-10-24(11-9-23)16-15-17(20-13-19-16)25(22-21-15)12-14-4-2-1-3-5-14/h1-5,13H,7-12H2. The van der Waals surface area contributed by atoms with Crippen molar-refractivity contribution in [1.29, 1.82) is 5.26 Å². The van der Waals surface area contributed by atoms with Crippen LogP contribution in [0.3, 0.4) is 0 Å². The van der Waals surface area contributed by atoms with Gasteiger partial charge in [0.05, 0.1) is 19.2 Å². The summed E-state index contributed by atoms with van der Waals surface area (Å²) < 4.78 is 1.81. The van der Waals surface area contributed by atoms with E-state index in [1.54, 1.807) is 6.33 Å². The molecule has 0 unspecified atom stereocenters. The molecule has 1 aliphatic rings. The maximum atomic E-state index is 8.82. The highest BCUT2D eigenvalue weighted by atomic mass is 15.4. The van der Waals surface area contributed by atoms with Crippen molar-refractivity contribution in [2.24, 2.45) is 0 Å². The summed E-state index contributed by atoms with van der Waals surface area (Å²) in [5.41, 5.74) is 2.63. The first kappa shape index (κ1) is 15.5. The molecule has 1 aromatic carbocycles. The van der Waals surface area contributed by atoms with E-state index in [9.17, 15) is 0 Å². The van der Waals surface area contributed by atoms with Crippen molar-refractivity contribution < 1.29 is 0 Å². The van der Waals surface area contributed by atoms with Gasteiger partial charge in [0.15, 0.2) is 17.0 Å². The number of anilines is 1. The van der Waals surface area contributed by atoms with Crippen molar-refractivity contribution in [3.63, 3.8) is 0 Å². The normalized spacial score (nSPS) is 15.4. The molecule has 1 saturated heterocycles. The van der Waals surface area contributed by atoms with Crippen LogP contribution < -0.4 is 4.90 Å². The molecule has 0 spiro atoms. The van der Waals surface area contributed by atoms with E-state index in [0.717, 1.165) is 48.7 Å². The first-order chi connectivity index (χ1) is 12.3. The Balaban J connectivity index is 1.58. The maximum Gasteiger partial charge on any atom is 0.184 e. The molecule has 8 heteroatoms. The van der Waals surface area contributed by atoms with Gasteiger partial charge in [-0.3, -0.25) is 4.90 Å². The van der Waals surface area contributed by atoms with Crippen LogP contribution in [0.15, 0.2) is 36.7 Å². The Hall–Kier alpha value is -3.05. The van der Waals surface area contributed by atoms with Gasteiger partial charge in [0.25, 0.3) is 0 Å². The lowest BCUT2D eigenvalue weighted by Gasteiger charge is -2.33. The Kier molecular flexibility index (Phi) is 4.23. The third-order valence-corrected chi connectivity index (χ3v) is 4.42. The molecular formula is C17H18N8. The van der Waals surface area contributed by atoms with Gasteiger partial charge >= 0.3 is 0 Å². The Morgan fingerprint density at radius 3 is 2.60 bits per heavy atom. The molecule has 0 N–H and O–H groups in total. The zero-order chi connectivity index (χ0) is 17.1. The van der Waals surface area contributed by atoms with Crippen LogP contribution in [0.25, 0.3) is 11.2 Å². The molecule has 0 radical (unpaired) electrons. The lowest BCUT2D eigenvalue weighted by Crippen LogP contribution is -2.46. The summed E-state index contributed by atoms with van der Waals surface area (Å²) in [4.78, 5) is 13.2. The van der Waals surface area contributed by atoms with Crippen molar-refractivity contribution in [1.82, 2.24) is 29.9 Å². The molecule has 0 aliphatic carbocycles. The van der Waals surface area contributed by atoms with Crippen LogP contribution in [0.4, 0.5) is 5.82 Å². The molecule has 3 heterocycles. The fraction of sp³-hybridized carbons (Fsp3) is 0.353. The number of rotatable bonds is 4. The summed E-state index contributed by atoms with van der Waals surface area (Å²) in [6, 6.07) is 12.3. The van der Waals surface area contributed by atoms with Gasteiger partial charge in [-0.1, -0.05) is 35.5 Å². The summed E-state index contributed by atoms with van der Waals surface area (Å²) in [7, 11) is 0. The Morgan fingerprint density at radius 1 is 1.04 bits per heavy atom. The lowest BCUT2D eigenvalue weighted by atomic mass is 10.2. The number of piperazine rings is 1. The largest absolute Gasteiger partial charge is 0.352 e. The van der Waals surface area contributed by atoms with Crippen LogP contribution in [-0.4, -0.2) is 62.6 Å². The van der Waals surface area contributed by atoms with E-state index in [2.05, 4.69) is 48.3 Å². The number of hydrogen-bond donors (Lipinski definition) is 0. The first-order valence-corrected chi connectivity index (χ1v) is 8.27. The van der Waals surface area contributed by atoms with E-state index < -0.39 is 0 Å². The topological polar surface area (TPSA) is 86.8 Å². The van der Waals surface area contributed by atoms with E-state index in [1.165, 1.54) is 0 Å². The van der Waals surface area contributed by atoms with Crippen LogP contribution in [0.1, 0.15) is 5.56 Å². The van der Waals surface area contributed by atoms with Crippen molar-refractivity contribution >= 4 is 17.0 Å². The van der Waals surface area contributed by atoms with Crippen molar-refractivity contribution in [3.05, 3.63) is 42.2 Å². The second kappa shape index (κ2) is 6.83. The minimum atomic E-state index is 0.473. The average molecular weight is 334 g/mol. The van der Waals surface area contributed by atoms with E-state index in [1.807, 2.05) is 22.9 Å². The van der Waals surface area contributed by atoms with Gasteiger partial charge in [-0.25, -0.2) is 14.6 Å². The second-order valence-corrected chi connectivity index (χ2v) is 6.02. The van der Waals surface area contributed by atoms with Gasteiger partial charge < -0.3 is 4.90 Å². The van der Waals surface area contributed by atoms with Crippen molar-refractivity contribution in [2.75, 3.05) is 37.6 Å². The highest BCUT2D eigenvalue weighted by molar-refractivity contribution is 5.82. The fourth-order valence-corrected chi connectivity index (χ4v) is 3.09. The van der Waals surface area contributed by atoms with Crippen LogP contribution in [0, 0.1) is 11.3 Å². The third kappa shape index (κ3) is 3.14. The predicted octanol–water partition coefficient (Wildman–Crippen LogP) is 0.915. The minimum Gasteiger partial charge on any atom is -0.352 e. The monoisotopic (exact) mass is 334 g/mol. The van der Waals surface area contributed by atoms with Crippen molar-refractivity contribution in [2.45, 2.75) is 6.54 Å². The number of fused-ring (bicyclic) bond motifs is 1. The van der Waals surface area contributed by atoms with Gasteiger partial charge in [0, 0.05) is 26.2 Å². The minimum absolute atomic E-state index is 0.473. The summed E-state index contributed by atoms with van der Waals surface area (Å²) >= 11 is 0. The fourth-order valence-electron chi connectivity index (χ4n) is 3.09. The molecular weight excluding hydrogens is 316 g/mol. The number of nitrogens with zero attached hydrogens (tertiary/aromatic N) is 8. The van der Waals surface area contributed by atoms with Crippen LogP contribution >= 0.6 is 0 Å². The quantitative estimate of drug-likeness (QED) is 0.656. The van der Waals surface area contributed by atoms with Gasteiger partial charge in [-0.15, -0.1) is 5.10 Å². The van der Waals surface area contributed by atoms with Gasteiger partial charge in [0.1, 0.15) is 6.33 Å². The Bertz CT molecular complexity index is 890. The highest BCUT2D eigenvalue weighted by Gasteiger charge is 2.22. The Morgan fingerprint density at radius 2 is 1.84 bits per heavy atom. The van der Waals surface area contributed by atoms with E-state index in [0.29, 0.717) is 13.1 Å². The molecule has 25 heavy (non-hydrogen) atoms. The highest BCUT2D eigenvalue weighted by Crippen LogP contribution is 2.22. The van der Waals surface area contributed by atoms with Crippen molar-refractivity contribution in [3.8, 4) is 6.07 Å². The first-order valence-electron chi connectivity index (χ1n) is 8.27. The number of hydrogen-bond acceptors (Lipinski definition) is 7. The summed E-state index contributed by atoms with van der Waals surface area (Å²) in [5.74, 6) is 0.820. The van der Waals surface area contributed by atoms with Gasteiger partial charge in [-0.2, -0.15) is 5.26 Å². The van der Waals surface area contributed by atoms with E-state index in [4.69, 9.17) is 5.26 Å². The maximum absolute atomic E-state index is 8.82. The number of nitriles is 1. The number of benzene rings is 1. The van der Waals surface area contributed by atoms with Gasteiger partial charge in [-0.05, 0) is 5.56 Å². The smallest absolute Gasteiger partial charge is 0.184 e. The molecule has 0 atom stereocenters. The molecule has 0 amide bonds. The Labute approximate surface area is 145 Å². The molecule has 0 saturated carbocycles. The molecule has 8 nitrogen and oxygen atoms in total. The van der Waals surface area contributed by atoms with Gasteiger partial charge in [0.2, 0.25) is 0 Å². The average Bonchev–Trinajstić information content (AvgIpc) is 3.07. The summed E-state index contributed by atoms with van der Waals surface area (Å²) in [6.07, 6.45) is 1.57. The van der Waals surface area contributed by atoms with Crippen LogP contribution in [0.2, 0.25) is 0 Å². The third-order valence-electron chi connectivity index (χ3n) is 4.42. The van der Waals surface area contributed by atoms with E-state index in [-0.39, 0.29) is 0 Å². The molecule has 2 aromatic heterocycles. The molecule has 1 aliphatic heterocycles. The zero-order valence-electron chi connectivity index (χ0n) is 13.8. The number of aromatic nitrogens is 5. The molecule has 4 rings (SSSR count). The van der Waals surface area contributed by atoms with Crippen LogP contribution in [0.5, 0.6) is 0 Å². The molecule has 0 bridgehead atoms. The SMILES string of the molecule is N#CCN1CCN(c2ncnc3c2nnn3Cc2ccccc2)CC1. The molecule has 3 aromatic rings. The molecule has 1 fully saturated rings.